The van der Waals surface area contributed by atoms with Crippen molar-refractivity contribution in [2.45, 2.75) is 103 Å². The molecule has 1 N–H and O–H groups in total. The molecule has 27 heavy (non-hydrogen) atoms. The van der Waals surface area contributed by atoms with Crippen molar-refractivity contribution in [2.75, 3.05) is 6.61 Å². The molecule has 0 spiro atoms. The van der Waals surface area contributed by atoms with Crippen LogP contribution in [0, 0.1) is 5.92 Å². The van der Waals surface area contributed by atoms with E-state index in [-0.39, 0.29) is 13.0 Å². The predicted molar refractivity (Wildman–Crippen MR) is 104 cm³/mol. The van der Waals surface area contributed by atoms with Crippen molar-refractivity contribution in [3.8, 4) is 0 Å². The molecule has 4 nitrogen and oxygen atoms in total. The molecular formula is C19H36F3NO3S. The Balaban J connectivity index is 5.21. The molecule has 0 aliphatic carbocycles. The van der Waals surface area contributed by atoms with Crippen LogP contribution >= 0.6 is 0 Å². The number of alkyl halides is 3. The Kier molecular flexibility index (Phi) is 12.5. The molecule has 3 atom stereocenters. The van der Waals surface area contributed by atoms with E-state index in [0.29, 0.717) is 12.8 Å². The molecular weight excluding hydrogens is 379 g/mol. The highest BCUT2D eigenvalue weighted by molar-refractivity contribution is 7.84. The molecule has 0 aliphatic heterocycles. The summed E-state index contributed by atoms with van der Waals surface area (Å²) in [5.74, 6) is -2.26. The summed E-state index contributed by atoms with van der Waals surface area (Å²) in [7, 11) is -1.95. The third-order valence-corrected chi connectivity index (χ3v) is 5.75. The van der Waals surface area contributed by atoms with Gasteiger partial charge in [0.15, 0.2) is 0 Å². The Bertz CT molecular complexity index is 450. The number of unbranched alkanes of at least 4 members (excludes halogenated alkanes) is 5. The second-order valence-corrected chi connectivity index (χ2v) is 9.85. The lowest BCUT2D eigenvalue weighted by atomic mass is 9.93. The molecule has 8 heteroatoms. The standard InChI is InChI=1S/C19H36F3NO3S/c1-6-8-9-10-11-12-13-15(17(24)26-14-7-2)16(19(20,21)22)23-27(25)18(3,4)5/h15-16,23H,6-14H2,1-5H3/t15-,16-,27-/m1/s1. The lowest BCUT2D eigenvalue weighted by Gasteiger charge is -2.30. The molecule has 0 fully saturated rings. The van der Waals surface area contributed by atoms with E-state index in [0.717, 1.165) is 32.1 Å². The topological polar surface area (TPSA) is 55.4 Å². The van der Waals surface area contributed by atoms with Gasteiger partial charge in [0, 0.05) is 0 Å². The maximum absolute atomic E-state index is 13.7. The van der Waals surface area contributed by atoms with Gasteiger partial charge in [-0.15, -0.1) is 0 Å². The van der Waals surface area contributed by atoms with Crippen LogP contribution < -0.4 is 4.72 Å². The van der Waals surface area contributed by atoms with Crippen LogP contribution in [0.25, 0.3) is 0 Å². The van der Waals surface area contributed by atoms with Crippen molar-refractivity contribution in [1.29, 1.82) is 0 Å². The number of hydrogen-bond donors (Lipinski definition) is 1. The summed E-state index contributed by atoms with van der Waals surface area (Å²) in [6.45, 7) is 8.71. The average Bonchev–Trinajstić information content (AvgIpc) is 2.55. The normalized spacial score (nSPS) is 16.0. The summed E-state index contributed by atoms with van der Waals surface area (Å²) in [6, 6.07) is -2.18. The highest BCUT2D eigenvalue weighted by Gasteiger charge is 2.49. The van der Waals surface area contributed by atoms with Crippen LogP contribution in [0.4, 0.5) is 13.2 Å². The SMILES string of the molecule is CCCCCCCC[C@@H](C(=O)OCCC)[C@@H](N[S@](=O)C(C)(C)C)C(F)(F)F. The zero-order valence-corrected chi connectivity index (χ0v) is 18.1. The summed E-state index contributed by atoms with van der Waals surface area (Å²) in [5, 5.41) is 0. The van der Waals surface area contributed by atoms with Gasteiger partial charge in [-0.1, -0.05) is 52.4 Å². The van der Waals surface area contributed by atoms with Crippen molar-refractivity contribution in [3.63, 3.8) is 0 Å². The fourth-order valence-electron chi connectivity index (χ4n) is 2.54. The Hall–Kier alpha value is -0.630. The van der Waals surface area contributed by atoms with Crippen LogP contribution in [0.3, 0.4) is 0 Å². The van der Waals surface area contributed by atoms with Gasteiger partial charge in [-0.2, -0.15) is 13.2 Å². The molecule has 0 bridgehead atoms. The smallest absolute Gasteiger partial charge is 0.405 e. The molecule has 0 saturated carbocycles. The van der Waals surface area contributed by atoms with Crippen molar-refractivity contribution in [3.05, 3.63) is 0 Å². The molecule has 162 valence electrons. The summed E-state index contributed by atoms with van der Waals surface area (Å²) in [4.78, 5) is 12.3. The predicted octanol–water partition coefficient (Wildman–Crippen LogP) is 5.29. The quantitative estimate of drug-likeness (QED) is 0.328. The van der Waals surface area contributed by atoms with E-state index in [2.05, 4.69) is 11.6 Å². The van der Waals surface area contributed by atoms with Crippen LogP contribution in [0.2, 0.25) is 0 Å². The van der Waals surface area contributed by atoms with Crippen molar-refractivity contribution in [1.82, 2.24) is 4.72 Å². The van der Waals surface area contributed by atoms with E-state index in [1.54, 1.807) is 27.7 Å². The Morgan fingerprint density at radius 1 is 1.00 bits per heavy atom. The molecule has 0 radical (unpaired) electrons. The average molecular weight is 416 g/mol. The van der Waals surface area contributed by atoms with Crippen LogP contribution in [-0.4, -0.2) is 33.8 Å². The van der Waals surface area contributed by atoms with E-state index in [1.807, 2.05) is 0 Å². The Morgan fingerprint density at radius 2 is 1.56 bits per heavy atom. The van der Waals surface area contributed by atoms with Crippen LogP contribution in [-0.2, 0) is 20.5 Å². The lowest BCUT2D eigenvalue weighted by molar-refractivity contribution is -0.179. The molecule has 0 aromatic heterocycles. The molecule has 0 saturated heterocycles. The Morgan fingerprint density at radius 3 is 2.04 bits per heavy atom. The fourth-order valence-corrected chi connectivity index (χ4v) is 3.43. The summed E-state index contributed by atoms with van der Waals surface area (Å²) < 4.78 is 59.6. The first-order chi connectivity index (χ1) is 12.4. The molecule has 0 aliphatic rings. The van der Waals surface area contributed by atoms with Crippen LogP contribution in [0.5, 0.6) is 0 Å². The molecule has 0 aromatic rings. The first-order valence-electron chi connectivity index (χ1n) is 9.86. The van der Waals surface area contributed by atoms with Gasteiger partial charge < -0.3 is 4.74 Å². The molecule has 0 rings (SSSR count). The second kappa shape index (κ2) is 12.8. The van der Waals surface area contributed by atoms with Gasteiger partial charge in [-0.25, -0.2) is 8.93 Å². The second-order valence-electron chi connectivity index (χ2n) is 7.85. The number of carbonyl (C=O) groups is 1. The first-order valence-corrected chi connectivity index (χ1v) is 11.0. The first kappa shape index (κ1) is 26.4. The minimum absolute atomic E-state index is 0.0627. The van der Waals surface area contributed by atoms with Gasteiger partial charge in [0.05, 0.1) is 28.3 Å². The number of ether oxygens (including phenoxy) is 1. The van der Waals surface area contributed by atoms with Gasteiger partial charge >= 0.3 is 12.1 Å². The zero-order chi connectivity index (χ0) is 21.1. The number of halogens is 3. The van der Waals surface area contributed by atoms with Crippen LogP contribution in [0.1, 0.15) is 86.0 Å². The largest absolute Gasteiger partial charge is 0.465 e. The number of rotatable bonds is 13. The van der Waals surface area contributed by atoms with Crippen molar-refractivity contribution >= 4 is 17.0 Å². The summed E-state index contributed by atoms with van der Waals surface area (Å²) >= 11 is 0. The summed E-state index contributed by atoms with van der Waals surface area (Å²) in [6.07, 6.45) is 1.33. The third-order valence-electron chi connectivity index (χ3n) is 4.17. The monoisotopic (exact) mass is 415 g/mol. The zero-order valence-electron chi connectivity index (χ0n) is 17.3. The minimum atomic E-state index is -4.70. The molecule has 0 unspecified atom stereocenters. The van der Waals surface area contributed by atoms with Crippen molar-refractivity contribution < 1.29 is 26.9 Å². The van der Waals surface area contributed by atoms with E-state index < -0.39 is 39.8 Å². The van der Waals surface area contributed by atoms with E-state index in [1.165, 1.54) is 0 Å². The summed E-state index contributed by atoms with van der Waals surface area (Å²) in [5.41, 5.74) is 0. The van der Waals surface area contributed by atoms with Crippen molar-refractivity contribution in [2.24, 2.45) is 5.92 Å². The molecule has 0 heterocycles. The van der Waals surface area contributed by atoms with Crippen LogP contribution in [0.15, 0.2) is 0 Å². The Labute approximate surface area is 164 Å². The lowest BCUT2D eigenvalue weighted by Crippen LogP contribution is -2.53. The number of carbonyl (C=O) groups excluding carboxylic acids is 1. The van der Waals surface area contributed by atoms with Gasteiger partial charge in [-0.3, -0.25) is 4.79 Å². The molecule has 0 amide bonds. The van der Waals surface area contributed by atoms with E-state index in [4.69, 9.17) is 4.74 Å². The minimum Gasteiger partial charge on any atom is -0.465 e. The highest BCUT2D eigenvalue weighted by atomic mass is 32.2. The van der Waals surface area contributed by atoms with Gasteiger partial charge in [0.1, 0.15) is 6.04 Å². The number of hydrogen-bond acceptors (Lipinski definition) is 3. The fraction of sp³-hybridized carbons (Fsp3) is 0.947. The maximum Gasteiger partial charge on any atom is 0.405 e. The van der Waals surface area contributed by atoms with E-state index >= 15 is 0 Å². The third kappa shape index (κ3) is 11.1. The van der Waals surface area contributed by atoms with Gasteiger partial charge in [-0.05, 0) is 33.6 Å². The number of nitrogens with one attached hydrogen (secondary N) is 1. The molecule has 0 aromatic carbocycles. The maximum atomic E-state index is 13.7. The van der Waals surface area contributed by atoms with Gasteiger partial charge in [0.25, 0.3) is 0 Å². The van der Waals surface area contributed by atoms with E-state index in [9.17, 15) is 22.2 Å². The highest BCUT2D eigenvalue weighted by Crippen LogP contribution is 2.31. The number of esters is 1. The van der Waals surface area contributed by atoms with Gasteiger partial charge in [0.2, 0.25) is 0 Å².